The van der Waals surface area contributed by atoms with E-state index >= 15 is 0 Å². The number of nitrogens with zero attached hydrogens (tertiary/aromatic N) is 2. The van der Waals surface area contributed by atoms with E-state index in [0.29, 0.717) is 0 Å². The number of hydrogen-bond acceptors (Lipinski definition) is 3. The molecule has 0 aromatic carbocycles. The van der Waals surface area contributed by atoms with Crippen molar-refractivity contribution in [2.75, 3.05) is 0 Å². The first-order chi connectivity index (χ1) is 6.43. The molecule has 0 bridgehead atoms. The second-order valence-electron chi connectivity index (χ2n) is 2.22. The molecule has 0 radical (unpaired) electrons. The molecule has 0 unspecified atom stereocenters. The highest BCUT2D eigenvalue weighted by Crippen LogP contribution is 2.28. The molecule has 0 aliphatic heterocycles. The average molecular weight is 271 g/mol. The fraction of sp³-hybridized carbons (Fsp3) is 0.167. The zero-order valence-electron chi connectivity index (χ0n) is 6.38. The predicted molar refractivity (Wildman–Crippen MR) is 43.5 cm³/mol. The summed E-state index contributed by atoms with van der Waals surface area (Å²) in [6.45, 7) is 0. The third kappa shape index (κ3) is 2.00. The number of hydrogen-bond donors (Lipinski definition) is 0. The standard InChI is InChI=1S/C6H2BrF3N2O2/c7-3-1-2(12(13)14)4(8)5(11-3)6(9)10/h1,6H. The van der Waals surface area contributed by atoms with Crippen LogP contribution in [-0.2, 0) is 0 Å². The Balaban J connectivity index is 3.40. The van der Waals surface area contributed by atoms with Gasteiger partial charge in [-0.15, -0.1) is 0 Å². The van der Waals surface area contributed by atoms with Crippen molar-refractivity contribution in [3.05, 3.63) is 32.3 Å². The van der Waals surface area contributed by atoms with E-state index in [1.807, 2.05) is 0 Å². The van der Waals surface area contributed by atoms with Crippen molar-refractivity contribution in [1.29, 1.82) is 0 Å². The van der Waals surface area contributed by atoms with Crippen molar-refractivity contribution < 1.29 is 18.1 Å². The quantitative estimate of drug-likeness (QED) is 0.472. The maximum Gasteiger partial charge on any atom is 0.309 e. The summed E-state index contributed by atoms with van der Waals surface area (Å²) in [5.41, 5.74) is -2.26. The third-order valence-electron chi connectivity index (χ3n) is 1.34. The maximum atomic E-state index is 12.9. The Morgan fingerprint density at radius 3 is 2.57 bits per heavy atom. The van der Waals surface area contributed by atoms with Crippen molar-refractivity contribution in [3.8, 4) is 0 Å². The smallest absolute Gasteiger partial charge is 0.258 e. The Kier molecular flexibility index (Phi) is 3.04. The van der Waals surface area contributed by atoms with Gasteiger partial charge in [-0.3, -0.25) is 10.1 Å². The van der Waals surface area contributed by atoms with Gasteiger partial charge in [0.1, 0.15) is 4.60 Å². The van der Waals surface area contributed by atoms with Crippen molar-refractivity contribution in [1.82, 2.24) is 4.98 Å². The molecule has 0 aliphatic rings. The predicted octanol–water partition coefficient (Wildman–Crippen LogP) is 2.83. The fourth-order valence-corrected chi connectivity index (χ4v) is 1.19. The molecular weight excluding hydrogens is 269 g/mol. The first kappa shape index (κ1) is 10.9. The van der Waals surface area contributed by atoms with Crippen LogP contribution in [0, 0.1) is 15.9 Å². The molecule has 14 heavy (non-hydrogen) atoms. The van der Waals surface area contributed by atoms with Crippen LogP contribution in [0.15, 0.2) is 10.7 Å². The van der Waals surface area contributed by atoms with Gasteiger partial charge >= 0.3 is 5.69 Å². The second-order valence-corrected chi connectivity index (χ2v) is 3.03. The molecular formula is C6H2BrF3N2O2. The minimum Gasteiger partial charge on any atom is -0.258 e. The van der Waals surface area contributed by atoms with E-state index in [1.165, 1.54) is 0 Å². The van der Waals surface area contributed by atoms with Crippen molar-refractivity contribution in [2.45, 2.75) is 6.43 Å². The third-order valence-corrected chi connectivity index (χ3v) is 1.74. The summed E-state index contributed by atoms with van der Waals surface area (Å²) < 4.78 is 37.0. The number of pyridine rings is 1. The molecule has 0 atom stereocenters. The minimum absolute atomic E-state index is 0.207. The summed E-state index contributed by atoms with van der Waals surface area (Å²) in [7, 11) is 0. The Labute approximate surface area is 84.0 Å². The first-order valence-corrected chi connectivity index (χ1v) is 4.01. The molecule has 0 saturated carbocycles. The first-order valence-electron chi connectivity index (χ1n) is 3.22. The SMILES string of the molecule is O=[N+]([O-])c1cc(Br)nc(C(F)F)c1F. The number of nitro groups is 1. The van der Waals surface area contributed by atoms with Crippen LogP contribution in [0.4, 0.5) is 18.9 Å². The minimum atomic E-state index is -3.19. The van der Waals surface area contributed by atoms with Crippen LogP contribution < -0.4 is 0 Å². The zero-order valence-corrected chi connectivity index (χ0v) is 7.96. The Bertz CT molecular complexity index is 386. The molecule has 0 amide bonds. The van der Waals surface area contributed by atoms with Gasteiger partial charge in [0.05, 0.1) is 11.0 Å². The van der Waals surface area contributed by atoms with Gasteiger partial charge in [0.15, 0.2) is 5.69 Å². The fourth-order valence-electron chi connectivity index (χ4n) is 0.781. The highest BCUT2D eigenvalue weighted by Gasteiger charge is 2.25. The second kappa shape index (κ2) is 3.91. The lowest BCUT2D eigenvalue weighted by Gasteiger charge is -2.01. The molecule has 1 rings (SSSR count). The number of rotatable bonds is 2. The van der Waals surface area contributed by atoms with Gasteiger partial charge in [0.25, 0.3) is 6.43 Å². The van der Waals surface area contributed by atoms with Gasteiger partial charge in [-0.2, -0.15) is 4.39 Å². The monoisotopic (exact) mass is 270 g/mol. The van der Waals surface area contributed by atoms with Gasteiger partial charge in [-0.25, -0.2) is 13.8 Å². The molecule has 4 nitrogen and oxygen atoms in total. The van der Waals surface area contributed by atoms with Crippen molar-refractivity contribution in [2.24, 2.45) is 0 Å². The summed E-state index contributed by atoms with van der Waals surface area (Å²) in [6, 6.07) is 0.723. The van der Waals surface area contributed by atoms with Crippen molar-refractivity contribution in [3.63, 3.8) is 0 Å². The normalized spacial score (nSPS) is 10.6. The topological polar surface area (TPSA) is 56.0 Å². The lowest BCUT2D eigenvalue weighted by atomic mass is 10.3. The van der Waals surface area contributed by atoms with Crippen LogP contribution in [0.2, 0.25) is 0 Å². The number of alkyl halides is 2. The van der Waals surface area contributed by atoms with E-state index in [9.17, 15) is 23.3 Å². The van der Waals surface area contributed by atoms with Crippen LogP contribution in [0.1, 0.15) is 12.1 Å². The molecule has 1 aromatic rings. The Hall–Kier alpha value is -1.18. The summed E-state index contributed by atoms with van der Waals surface area (Å²) >= 11 is 2.67. The Morgan fingerprint density at radius 1 is 1.57 bits per heavy atom. The lowest BCUT2D eigenvalue weighted by Crippen LogP contribution is -2.01. The van der Waals surface area contributed by atoms with E-state index in [2.05, 4.69) is 20.9 Å². The van der Waals surface area contributed by atoms with Gasteiger partial charge in [0.2, 0.25) is 5.82 Å². The van der Waals surface area contributed by atoms with Gasteiger partial charge < -0.3 is 0 Å². The highest BCUT2D eigenvalue weighted by atomic mass is 79.9. The van der Waals surface area contributed by atoms with E-state index in [0.717, 1.165) is 6.07 Å². The molecule has 0 aliphatic carbocycles. The summed E-state index contributed by atoms with van der Waals surface area (Å²) in [6.07, 6.45) is -3.19. The van der Waals surface area contributed by atoms with E-state index in [4.69, 9.17) is 0 Å². The van der Waals surface area contributed by atoms with Crippen LogP contribution in [0.3, 0.4) is 0 Å². The zero-order chi connectivity index (χ0) is 10.9. The molecule has 0 spiro atoms. The lowest BCUT2D eigenvalue weighted by molar-refractivity contribution is -0.387. The summed E-state index contributed by atoms with van der Waals surface area (Å²) in [4.78, 5) is 12.2. The van der Waals surface area contributed by atoms with Crippen LogP contribution in [-0.4, -0.2) is 9.91 Å². The highest BCUT2D eigenvalue weighted by molar-refractivity contribution is 9.10. The molecule has 76 valence electrons. The van der Waals surface area contributed by atoms with Gasteiger partial charge in [-0.1, -0.05) is 0 Å². The largest absolute Gasteiger partial charge is 0.309 e. The van der Waals surface area contributed by atoms with E-state index in [-0.39, 0.29) is 4.60 Å². The molecule has 0 N–H and O–H groups in total. The number of aromatic nitrogens is 1. The van der Waals surface area contributed by atoms with Crippen LogP contribution in [0.5, 0.6) is 0 Å². The molecule has 8 heteroatoms. The summed E-state index contributed by atoms with van der Waals surface area (Å²) in [5, 5.41) is 10.2. The number of halogens is 4. The summed E-state index contributed by atoms with van der Waals surface area (Å²) in [5.74, 6) is -1.60. The van der Waals surface area contributed by atoms with Gasteiger partial charge in [0, 0.05) is 0 Å². The van der Waals surface area contributed by atoms with E-state index < -0.39 is 28.5 Å². The Morgan fingerprint density at radius 2 is 2.14 bits per heavy atom. The van der Waals surface area contributed by atoms with E-state index in [1.54, 1.807) is 0 Å². The van der Waals surface area contributed by atoms with Crippen LogP contribution in [0.25, 0.3) is 0 Å². The molecule has 0 saturated heterocycles. The molecule has 1 aromatic heterocycles. The van der Waals surface area contributed by atoms with Gasteiger partial charge in [-0.05, 0) is 15.9 Å². The average Bonchev–Trinajstić information content (AvgIpc) is 2.07. The molecule has 0 fully saturated rings. The molecule has 1 heterocycles. The maximum absolute atomic E-state index is 12.9. The van der Waals surface area contributed by atoms with Crippen molar-refractivity contribution >= 4 is 21.6 Å². The van der Waals surface area contributed by atoms with Crippen LogP contribution >= 0.6 is 15.9 Å².